The van der Waals surface area contributed by atoms with Crippen molar-refractivity contribution in [2.24, 2.45) is 0 Å². The number of benzene rings is 1. The highest BCUT2D eigenvalue weighted by atomic mass is 16.2. The number of anilines is 1. The number of hydrogen-bond acceptors (Lipinski definition) is 3. The molecular weight excluding hydrogens is 244 g/mol. The van der Waals surface area contributed by atoms with Crippen molar-refractivity contribution in [1.82, 2.24) is 4.90 Å². The summed E-state index contributed by atoms with van der Waals surface area (Å²) in [5.41, 5.74) is 0.778. The number of imide groups is 1. The van der Waals surface area contributed by atoms with Crippen LogP contribution in [0.5, 0.6) is 0 Å². The van der Waals surface area contributed by atoms with Crippen LogP contribution in [0.1, 0.15) is 30.1 Å². The number of nitrogens with zero attached hydrogens (tertiary/aromatic N) is 2. The zero-order valence-corrected chi connectivity index (χ0v) is 11.0. The number of rotatable bonds is 2. The molecule has 0 saturated carbocycles. The lowest BCUT2D eigenvalue weighted by molar-refractivity contribution is -0.126. The molecule has 0 bridgehead atoms. The van der Waals surface area contributed by atoms with E-state index in [0.29, 0.717) is 17.7 Å². The van der Waals surface area contributed by atoms with E-state index in [2.05, 4.69) is 0 Å². The van der Waals surface area contributed by atoms with Crippen molar-refractivity contribution < 1.29 is 14.4 Å². The summed E-state index contributed by atoms with van der Waals surface area (Å²) in [7, 11) is 1.56. The number of fused-ring (bicyclic) bond motifs is 1. The van der Waals surface area contributed by atoms with Crippen molar-refractivity contribution in [3.8, 4) is 0 Å². The number of likely N-dealkylation sites (N-methyl/N-ethyl adjacent to an activating group) is 1. The van der Waals surface area contributed by atoms with Gasteiger partial charge in [-0.1, -0.05) is 19.1 Å². The minimum Gasteiger partial charge on any atom is -0.332 e. The fourth-order valence-corrected chi connectivity index (χ4v) is 2.13. The van der Waals surface area contributed by atoms with E-state index in [1.807, 2.05) is 6.92 Å². The smallest absolute Gasteiger partial charge is 0.256 e. The Hall–Kier alpha value is -2.17. The fourth-order valence-electron chi connectivity index (χ4n) is 2.13. The van der Waals surface area contributed by atoms with Gasteiger partial charge in [-0.2, -0.15) is 0 Å². The zero-order chi connectivity index (χ0) is 14.0. The summed E-state index contributed by atoms with van der Waals surface area (Å²) in [6, 6.07) is 6.72. The van der Waals surface area contributed by atoms with E-state index in [1.54, 1.807) is 31.3 Å². The molecule has 0 unspecified atom stereocenters. The summed E-state index contributed by atoms with van der Waals surface area (Å²) in [6.07, 6.45) is 0.951. The molecule has 0 saturated heterocycles. The maximum absolute atomic E-state index is 12.2. The Kier molecular flexibility index (Phi) is 3.64. The predicted octanol–water partition coefficient (Wildman–Crippen LogP) is 1.43. The van der Waals surface area contributed by atoms with E-state index in [9.17, 15) is 14.4 Å². The van der Waals surface area contributed by atoms with Gasteiger partial charge in [0.25, 0.3) is 11.8 Å². The molecule has 1 aromatic rings. The van der Waals surface area contributed by atoms with Crippen LogP contribution in [0.3, 0.4) is 0 Å². The van der Waals surface area contributed by atoms with Crippen LogP contribution in [-0.4, -0.2) is 36.2 Å². The maximum atomic E-state index is 12.2. The predicted molar refractivity (Wildman–Crippen MR) is 70.8 cm³/mol. The molecular formula is C14H16N2O3. The van der Waals surface area contributed by atoms with Gasteiger partial charge in [0.05, 0.1) is 11.3 Å². The van der Waals surface area contributed by atoms with Gasteiger partial charge in [-0.25, -0.2) is 4.90 Å². The molecule has 0 N–H and O–H groups in total. The Morgan fingerprint density at radius 1 is 1.26 bits per heavy atom. The van der Waals surface area contributed by atoms with Crippen molar-refractivity contribution in [1.29, 1.82) is 0 Å². The van der Waals surface area contributed by atoms with Crippen LogP contribution in [0.2, 0.25) is 0 Å². The van der Waals surface area contributed by atoms with Gasteiger partial charge in [0.1, 0.15) is 6.54 Å². The Morgan fingerprint density at radius 3 is 2.63 bits per heavy atom. The van der Waals surface area contributed by atoms with Crippen LogP contribution >= 0.6 is 0 Å². The van der Waals surface area contributed by atoms with Crippen LogP contribution in [0.15, 0.2) is 24.3 Å². The second-order valence-corrected chi connectivity index (χ2v) is 4.55. The molecule has 5 nitrogen and oxygen atoms in total. The topological polar surface area (TPSA) is 57.7 Å². The molecule has 100 valence electrons. The van der Waals surface area contributed by atoms with Gasteiger partial charge in [0.15, 0.2) is 0 Å². The van der Waals surface area contributed by atoms with Gasteiger partial charge >= 0.3 is 0 Å². The molecule has 1 aromatic carbocycles. The summed E-state index contributed by atoms with van der Waals surface area (Å²) in [6.45, 7) is 1.80. The van der Waals surface area contributed by atoms with Crippen LogP contribution in [0.25, 0.3) is 0 Å². The quantitative estimate of drug-likeness (QED) is 0.808. The standard InChI is InChI=1S/C14H16N2O3/c1-3-6-12(17)16-11-8-5-4-7-10(11)14(19)15(2)9-13(16)18/h4-5,7-8H,3,6,9H2,1-2H3. The van der Waals surface area contributed by atoms with Crippen molar-refractivity contribution in [3.63, 3.8) is 0 Å². The second-order valence-electron chi connectivity index (χ2n) is 4.55. The third kappa shape index (κ3) is 2.36. The molecule has 19 heavy (non-hydrogen) atoms. The van der Waals surface area contributed by atoms with E-state index < -0.39 is 0 Å². The average Bonchev–Trinajstić information content (AvgIpc) is 2.47. The molecule has 0 fully saturated rings. The van der Waals surface area contributed by atoms with E-state index >= 15 is 0 Å². The molecule has 1 aliphatic rings. The minimum atomic E-state index is -0.362. The molecule has 0 spiro atoms. The number of carbonyl (C=O) groups is 3. The first kappa shape index (κ1) is 13.3. The number of amides is 3. The van der Waals surface area contributed by atoms with Gasteiger partial charge < -0.3 is 4.90 Å². The van der Waals surface area contributed by atoms with Crippen molar-refractivity contribution in [2.75, 3.05) is 18.5 Å². The molecule has 5 heteroatoms. The first-order valence-electron chi connectivity index (χ1n) is 6.26. The number of hydrogen-bond donors (Lipinski definition) is 0. The highest BCUT2D eigenvalue weighted by Gasteiger charge is 2.32. The first-order valence-corrected chi connectivity index (χ1v) is 6.26. The molecule has 1 aliphatic heterocycles. The first-order chi connectivity index (χ1) is 9.06. The summed E-state index contributed by atoms with van der Waals surface area (Å²) in [4.78, 5) is 38.9. The molecule has 0 aromatic heterocycles. The lowest BCUT2D eigenvalue weighted by atomic mass is 10.1. The largest absolute Gasteiger partial charge is 0.332 e. The van der Waals surface area contributed by atoms with Gasteiger partial charge in [-0.3, -0.25) is 14.4 Å². The van der Waals surface area contributed by atoms with Crippen LogP contribution in [-0.2, 0) is 9.59 Å². The van der Waals surface area contributed by atoms with Gasteiger partial charge in [-0.05, 0) is 18.6 Å². The molecule has 2 rings (SSSR count). The van der Waals surface area contributed by atoms with Crippen molar-refractivity contribution >= 4 is 23.4 Å². The van der Waals surface area contributed by atoms with Crippen LogP contribution in [0, 0.1) is 0 Å². The second kappa shape index (κ2) is 5.22. The maximum Gasteiger partial charge on any atom is 0.256 e. The number of para-hydroxylation sites is 1. The molecule has 0 radical (unpaired) electrons. The summed E-state index contributed by atoms with van der Waals surface area (Å²) >= 11 is 0. The average molecular weight is 260 g/mol. The van der Waals surface area contributed by atoms with Crippen LogP contribution in [0.4, 0.5) is 5.69 Å². The summed E-state index contributed by atoms with van der Waals surface area (Å²) in [5.74, 6) is -0.863. The SMILES string of the molecule is CCCC(=O)N1C(=O)CN(C)C(=O)c2ccccc21. The summed E-state index contributed by atoms with van der Waals surface area (Å²) < 4.78 is 0. The van der Waals surface area contributed by atoms with E-state index in [1.165, 1.54) is 4.90 Å². The number of carbonyl (C=O) groups excluding carboxylic acids is 3. The minimum absolute atomic E-state index is 0.0804. The van der Waals surface area contributed by atoms with E-state index in [4.69, 9.17) is 0 Å². The fraction of sp³-hybridized carbons (Fsp3) is 0.357. The Morgan fingerprint density at radius 2 is 1.95 bits per heavy atom. The van der Waals surface area contributed by atoms with Crippen LogP contribution < -0.4 is 4.90 Å². The van der Waals surface area contributed by atoms with Crippen molar-refractivity contribution in [2.45, 2.75) is 19.8 Å². The Labute approximate surface area is 111 Å². The Balaban J connectivity index is 2.53. The Bertz CT molecular complexity index is 539. The van der Waals surface area contributed by atoms with Gasteiger partial charge in [0.2, 0.25) is 5.91 Å². The zero-order valence-electron chi connectivity index (χ0n) is 11.0. The monoisotopic (exact) mass is 260 g/mol. The summed E-state index contributed by atoms with van der Waals surface area (Å²) in [5, 5.41) is 0. The van der Waals surface area contributed by atoms with Gasteiger partial charge in [-0.15, -0.1) is 0 Å². The molecule has 1 heterocycles. The third-order valence-corrected chi connectivity index (χ3v) is 3.06. The highest BCUT2D eigenvalue weighted by molar-refractivity contribution is 6.20. The normalized spacial score (nSPS) is 15.3. The lowest BCUT2D eigenvalue weighted by Gasteiger charge is -2.19. The molecule has 0 atom stereocenters. The lowest BCUT2D eigenvalue weighted by Crippen LogP contribution is -2.41. The molecule has 3 amide bonds. The van der Waals surface area contributed by atoms with Gasteiger partial charge in [0, 0.05) is 13.5 Å². The van der Waals surface area contributed by atoms with E-state index in [0.717, 1.165) is 4.90 Å². The van der Waals surface area contributed by atoms with Crippen molar-refractivity contribution in [3.05, 3.63) is 29.8 Å². The third-order valence-electron chi connectivity index (χ3n) is 3.06. The highest BCUT2D eigenvalue weighted by Crippen LogP contribution is 2.25. The molecule has 0 aliphatic carbocycles. The van der Waals surface area contributed by atoms with E-state index in [-0.39, 0.29) is 30.7 Å².